The molecular weight excluding hydrogens is 328 g/mol. The molecule has 1 amide bonds. The third-order valence-electron chi connectivity index (χ3n) is 4.13. The summed E-state index contributed by atoms with van der Waals surface area (Å²) in [6.07, 6.45) is 4.33. The molecule has 0 atom stereocenters. The number of carbonyl (C=O) groups is 1. The van der Waals surface area contributed by atoms with Gasteiger partial charge in [-0.05, 0) is 50.1 Å². The molecule has 24 heavy (non-hydrogen) atoms. The fourth-order valence-corrected chi connectivity index (χ4v) is 4.27. The van der Waals surface area contributed by atoms with Crippen molar-refractivity contribution < 1.29 is 17.6 Å². The minimum atomic E-state index is -3.46. The molecule has 7 heteroatoms. The molecule has 1 fully saturated rings. The van der Waals surface area contributed by atoms with E-state index in [9.17, 15) is 13.2 Å². The average molecular weight is 348 g/mol. The quantitative estimate of drug-likeness (QED) is 0.921. The second kappa shape index (κ2) is 6.78. The maximum Gasteiger partial charge on any atom is 0.291 e. The highest BCUT2D eigenvalue weighted by Crippen LogP contribution is 2.22. The fraction of sp³-hybridized carbons (Fsp3) is 0.353. The molecule has 1 saturated heterocycles. The number of sulfonamides is 1. The average Bonchev–Trinajstić information content (AvgIpc) is 3.02. The molecule has 2 heterocycles. The van der Waals surface area contributed by atoms with Crippen molar-refractivity contribution in [3.8, 4) is 0 Å². The smallest absolute Gasteiger partial charge is 0.291 e. The maximum atomic E-state index is 12.6. The van der Waals surface area contributed by atoms with Crippen LogP contribution in [0.2, 0.25) is 0 Å². The van der Waals surface area contributed by atoms with Crippen molar-refractivity contribution in [2.45, 2.75) is 31.1 Å². The van der Waals surface area contributed by atoms with Gasteiger partial charge in [0.1, 0.15) is 0 Å². The lowest BCUT2D eigenvalue weighted by Crippen LogP contribution is -2.35. The van der Waals surface area contributed by atoms with E-state index in [1.165, 1.54) is 22.7 Å². The van der Waals surface area contributed by atoms with E-state index in [-0.39, 0.29) is 16.6 Å². The van der Waals surface area contributed by atoms with Gasteiger partial charge in [0.2, 0.25) is 10.0 Å². The summed E-state index contributed by atoms with van der Waals surface area (Å²) in [5.41, 5.74) is 1.27. The van der Waals surface area contributed by atoms with Gasteiger partial charge in [0.15, 0.2) is 5.76 Å². The largest absolute Gasteiger partial charge is 0.459 e. The maximum absolute atomic E-state index is 12.6. The van der Waals surface area contributed by atoms with Gasteiger partial charge in [-0.1, -0.05) is 6.42 Å². The summed E-state index contributed by atoms with van der Waals surface area (Å²) >= 11 is 0. The predicted molar refractivity (Wildman–Crippen MR) is 90.5 cm³/mol. The van der Waals surface area contributed by atoms with Crippen LogP contribution >= 0.6 is 0 Å². The van der Waals surface area contributed by atoms with Gasteiger partial charge in [-0.2, -0.15) is 4.31 Å². The number of nitrogens with one attached hydrogen (secondary N) is 1. The molecule has 1 aliphatic heterocycles. The van der Waals surface area contributed by atoms with Crippen LogP contribution in [0.3, 0.4) is 0 Å². The molecule has 0 unspecified atom stereocenters. The zero-order valence-corrected chi connectivity index (χ0v) is 14.3. The molecule has 6 nitrogen and oxygen atoms in total. The number of hydrogen-bond donors (Lipinski definition) is 1. The molecule has 1 aliphatic rings. The van der Waals surface area contributed by atoms with Crippen molar-refractivity contribution in [2.24, 2.45) is 0 Å². The number of hydrogen-bond acceptors (Lipinski definition) is 4. The summed E-state index contributed by atoms with van der Waals surface area (Å²) in [5.74, 6) is -0.107. The number of amides is 1. The van der Waals surface area contributed by atoms with Gasteiger partial charge in [-0.25, -0.2) is 8.42 Å². The number of furan rings is 1. The highest BCUT2D eigenvalue weighted by Gasteiger charge is 2.25. The zero-order valence-electron chi connectivity index (χ0n) is 13.5. The number of benzene rings is 1. The number of piperidine rings is 1. The first-order chi connectivity index (χ1) is 11.5. The lowest BCUT2D eigenvalue weighted by molar-refractivity contribution is 0.0996. The molecule has 0 aliphatic carbocycles. The molecule has 0 bridgehead atoms. The summed E-state index contributed by atoms with van der Waals surface area (Å²) in [7, 11) is -3.46. The third-order valence-corrected chi connectivity index (χ3v) is 6.05. The van der Waals surface area contributed by atoms with Crippen molar-refractivity contribution in [1.82, 2.24) is 4.31 Å². The van der Waals surface area contributed by atoms with E-state index in [1.807, 2.05) is 0 Å². The Labute approximate surface area is 141 Å². The molecule has 0 saturated carbocycles. The van der Waals surface area contributed by atoms with Gasteiger partial charge in [0.25, 0.3) is 5.91 Å². The standard InChI is InChI=1S/C17H20N2O4S/c1-13-9-12-23-16(13)17(20)18-14-5-7-15(8-6-14)24(21,22)19-10-3-2-4-11-19/h5-9,12H,2-4,10-11H2,1H3,(H,18,20). The first-order valence-electron chi connectivity index (χ1n) is 7.94. The summed E-state index contributed by atoms with van der Waals surface area (Å²) in [4.78, 5) is 12.3. The van der Waals surface area contributed by atoms with Crippen LogP contribution in [0.1, 0.15) is 35.4 Å². The molecule has 0 spiro atoms. The Kier molecular flexibility index (Phi) is 4.73. The Morgan fingerprint density at radius 1 is 1.08 bits per heavy atom. The molecule has 3 rings (SSSR count). The molecule has 1 N–H and O–H groups in total. The van der Waals surface area contributed by atoms with E-state index in [0.717, 1.165) is 24.8 Å². The normalized spacial score (nSPS) is 16.0. The summed E-state index contributed by atoms with van der Waals surface area (Å²) in [6, 6.07) is 7.94. The molecule has 128 valence electrons. The monoisotopic (exact) mass is 348 g/mol. The van der Waals surface area contributed by atoms with Gasteiger partial charge < -0.3 is 9.73 Å². The van der Waals surface area contributed by atoms with Crippen molar-refractivity contribution in [3.05, 3.63) is 47.9 Å². The van der Waals surface area contributed by atoms with Crippen LogP contribution < -0.4 is 5.32 Å². The van der Waals surface area contributed by atoms with E-state index >= 15 is 0 Å². The topological polar surface area (TPSA) is 79.6 Å². The van der Waals surface area contributed by atoms with Crippen molar-refractivity contribution in [1.29, 1.82) is 0 Å². The van der Waals surface area contributed by atoms with Crippen LogP contribution in [0.4, 0.5) is 5.69 Å². The number of carbonyl (C=O) groups excluding carboxylic acids is 1. The van der Waals surface area contributed by atoms with Crippen LogP contribution in [0.5, 0.6) is 0 Å². The second-order valence-electron chi connectivity index (χ2n) is 5.88. The Morgan fingerprint density at radius 3 is 2.33 bits per heavy atom. The Bertz CT molecular complexity index is 819. The minimum Gasteiger partial charge on any atom is -0.459 e. The van der Waals surface area contributed by atoms with E-state index < -0.39 is 10.0 Å². The summed E-state index contributed by atoms with van der Waals surface area (Å²) in [5, 5.41) is 2.70. The molecular formula is C17H20N2O4S. The Hall–Kier alpha value is -2.12. The van der Waals surface area contributed by atoms with Crippen LogP contribution in [-0.2, 0) is 10.0 Å². The van der Waals surface area contributed by atoms with Crippen molar-refractivity contribution in [3.63, 3.8) is 0 Å². The van der Waals surface area contributed by atoms with Crippen LogP contribution in [0, 0.1) is 6.92 Å². The molecule has 2 aromatic rings. The predicted octanol–water partition coefficient (Wildman–Crippen LogP) is 3.01. The minimum absolute atomic E-state index is 0.247. The lowest BCUT2D eigenvalue weighted by atomic mass is 10.2. The SMILES string of the molecule is Cc1ccoc1C(=O)Nc1ccc(S(=O)(=O)N2CCCCC2)cc1. The molecule has 1 aromatic heterocycles. The first kappa shape index (κ1) is 16.7. The Balaban J connectivity index is 1.73. The van der Waals surface area contributed by atoms with E-state index in [0.29, 0.717) is 18.8 Å². The van der Waals surface area contributed by atoms with Crippen LogP contribution in [0.15, 0.2) is 45.9 Å². The first-order valence-corrected chi connectivity index (χ1v) is 9.38. The van der Waals surface area contributed by atoms with Gasteiger partial charge in [0, 0.05) is 24.3 Å². The van der Waals surface area contributed by atoms with Crippen LogP contribution in [-0.4, -0.2) is 31.7 Å². The zero-order chi connectivity index (χ0) is 17.2. The van der Waals surface area contributed by atoms with Gasteiger partial charge in [-0.15, -0.1) is 0 Å². The second-order valence-corrected chi connectivity index (χ2v) is 7.81. The van der Waals surface area contributed by atoms with Gasteiger partial charge in [-0.3, -0.25) is 4.79 Å². The van der Waals surface area contributed by atoms with Crippen molar-refractivity contribution in [2.75, 3.05) is 18.4 Å². The number of nitrogens with zero attached hydrogens (tertiary/aromatic N) is 1. The highest BCUT2D eigenvalue weighted by atomic mass is 32.2. The summed E-state index contributed by atoms with van der Waals surface area (Å²) < 4.78 is 31.8. The summed E-state index contributed by atoms with van der Waals surface area (Å²) in [6.45, 7) is 2.92. The van der Waals surface area contributed by atoms with Gasteiger partial charge in [0.05, 0.1) is 11.2 Å². The van der Waals surface area contributed by atoms with Crippen LogP contribution in [0.25, 0.3) is 0 Å². The fourth-order valence-electron chi connectivity index (χ4n) is 2.76. The van der Waals surface area contributed by atoms with E-state index in [1.54, 1.807) is 25.1 Å². The third kappa shape index (κ3) is 3.37. The Morgan fingerprint density at radius 2 is 1.75 bits per heavy atom. The van der Waals surface area contributed by atoms with Gasteiger partial charge >= 0.3 is 0 Å². The van der Waals surface area contributed by atoms with E-state index in [2.05, 4.69) is 5.32 Å². The molecule has 1 aromatic carbocycles. The van der Waals surface area contributed by atoms with E-state index in [4.69, 9.17) is 4.42 Å². The number of rotatable bonds is 4. The number of anilines is 1. The molecule has 0 radical (unpaired) electrons. The van der Waals surface area contributed by atoms with Crippen molar-refractivity contribution >= 4 is 21.6 Å². The lowest BCUT2D eigenvalue weighted by Gasteiger charge is -2.25. The number of aryl methyl sites for hydroxylation is 1. The highest BCUT2D eigenvalue weighted by molar-refractivity contribution is 7.89.